The molecule has 0 saturated carbocycles. The molecule has 2 N–H and O–H groups in total. The number of hydrogen-bond acceptors (Lipinski definition) is 4. The molecular weight excluding hydrogens is 338 g/mol. The van der Waals surface area contributed by atoms with Gasteiger partial charge in [0.15, 0.2) is 11.5 Å². The summed E-state index contributed by atoms with van der Waals surface area (Å²) in [6, 6.07) is 12.2. The molecule has 0 unspecified atom stereocenters. The summed E-state index contributed by atoms with van der Waals surface area (Å²) in [6.45, 7) is 3.97. The zero-order valence-corrected chi connectivity index (χ0v) is 14.2. The van der Waals surface area contributed by atoms with E-state index in [1.165, 1.54) is 12.1 Å². The van der Waals surface area contributed by atoms with Crippen molar-refractivity contribution < 1.29 is 13.6 Å². The van der Waals surface area contributed by atoms with Gasteiger partial charge in [0.05, 0.1) is 0 Å². The van der Waals surface area contributed by atoms with E-state index >= 15 is 0 Å². The number of rotatable bonds is 4. The maximum atomic E-state index is 13.6. The molecule has 1 amide bonds. The first kappa shape index (κ1) is 17.5. The van der Waals surface area contributed by atoms with Gasteiger partial charge in [0.1, 0.15) is 17.3 Å². The zero-order valence-electron chi connectivity index (χ0n) is 14.2. The minimum atomic E-state index is -0.862. The van der Waals surface area contributed by atoms with E-state index in [9.17, 15) is 13.6 Å². The van der Waals surface area contributed by atoms with Crippen molar-refractivity contribution in [2.75, 3.05) is 10.6 Å². The first-order valence-electron chi connectivity index (χ1n) is 7.87. The Labute approximate surface area is 149 Å². The third-order valence-corrected chi connectivity index (χ3v) is 3.74. The molecule has 5 nitrogen and oxygen atoms in total. The van der Waals surface area contributed by atoms with Crippen LogP contribution in [0.2, 0.25) is 0 Å². The lowest BCUT2D eigenvalue weighted by molar-refractivity contribution is 0.102. The molecule has 0 aliphatic heterocycles. The Balaban J connectivity index is 1.74. The Morgan fingerprint density at radius 2 is 1.69 bits per heavy atom. The minimum Gasteiger partial charge on any atom is -0.339 e. The average molecular weight is 354 g/mol. The number of hydrogen-bond donors (Lipinski definition) is 2. The van der Waals surface area contributed by atoms with Gasteiger partial charge in [0.2, 0.25) is 0 Å². The largest absolute Gasteiger partial charge is 0.339 e. The van der Waals surface area contributed by atoms with Crippen molar-refractivity contribution in [3.8, 4) is 0 Å². The maximum Gasteiger partial charge on any atom is 0.276 e. The minimum absolute atomic E-state index is 0.0566. The lowest BCUT2D eigenvalue weighted by Crippen LogP contribution is -2.16. The van der Waals surface area contributed by atoms with Crippen molar-refractivity contribution in [3.05, 3.63) is 77.0 Å². The van der Waals surface area contributed by atoms with Crippen molar-refractivity contribution >= 4 is 23.1 Å². The molecule has 1 aromatic heterocycles. The van der Waals surface area contributed by atoms with Crippen molar-refractivity contribution in [2.45, 2.75) is 13.8 Å². The number of anilines is 3. The van der Waals surface area contributed by atoms with Gasteiger partial charge in [0.25, 0.3) is 5.91 Å². The van der Waals surface area contributed by atoms with Crippen LogP contribution in [0.5, 0.6) is 0 Å². The Morgan fingerprint density at radius 1 is 0.962 bits per heavy atom. The van der Waals surface area contributed by atoms with Gasteiger partial charge in [-0.05, 0) is 49.7 Å². The predicted molar refractivity (Wildman–Crippen MR) is 95.5 cm³/mol. The SMILES string of the molecule is Cc1ccc(Nc2ccc(C(=O)Nc3c(F)cccc3F)nn2)c(C)c1. The van der Waals surface area contributed by atoms with Gasteiger partial charge in [0, 0.05) is 5.69 Å². The molecule has 0 aliphatic rings. The number of halogens is 2. The van der Waals surface area contributed by atoms with Crippen molar-refractivity contribution in [1.82, 2.24) is 10.2 Å². The second-order valence-corrected chi connectivity index (χ2v) is 5.80. The van der Waals surface area contributed by atoms with Crippen LogP contribution in [0.1, 0.15) is 21.6 Å². The monoisotopic (exact) mass is 354 g/mol. The maximum absolute atomic E-state index is 13.6. The van der Waals surface area contributed by atoms with Crippen LogP contribution in [0.15, 0.2) is 48.5 Å². The third kappa shape index (κ3) is 3.83. The predicted octanol–water partition coefficient (Wildman–Crippen LogP) is 4.37. The number of nitrogens with zero attached hydrogens (tertiary/aromatic N) is 2. The lowest BCUT2D eigenvalue weighted by Gasteiger charge is -2.10. The van der Waals surface area contributed by atoms with Gasteiger partial charge in [-0.3, -0.25) is 4.79 Å². The highest BCUT2D eigenvalue weighted by Crippen LogP contribution is 2.21. The van der Waals surface area contributed by atoms with E-state index in [4.69, 9.17) is 0 Å². The van der Waals surface area contributed by atoms with Crippen molar-refractivity contribution in [1.29, 1.82) is 0 Å². The van der Waals surface area contributed by atoms with Crippen LogP contribution in [-0.2, 0) is 0 Å². The number of aryl methyl sites for hydroxylation is 2. The Bertz CT molecular complexity index is 938. The van der Waals surface area contributed by atoms with Crippen LogP contribution in [0, 0.1) is 25.5 Å². The topological polar surface area (TPSA) is 66.9 Å². The standard InChI is InChI=1S/C19H16F2N4O/c1-11-6-7-15(12(2)10-11)22-17-9-8-16(24-25-17)19(26)23-18-13(20)4-3-5-14(18)21/h3-10H,1-2H3,(H,22,25)(H,23,26). The summed E-state index contributed by atoms with van der Waals surface area (Å²) in [6.07, 6.45) is 0. The van der Waals surface area contributed by atoms with Crippen molar-refractivity contribution in [2.24, 2.45) is 0 Å². The normalized spacial score (nSPS) is 10.5. The van der Waals surface area contributed by atoms with Crippen LogP contribution >= 0.6 is 0 Å². The summed E-state index contributed by atoms with van der Waals surface area (Å²) in [7, 11) is 0. The highest BCUT2D eigenvalue weighted by Gasteiger charge is 2.15. The second-order valence-electron chi connectivity index (χ2n) is 5.80. The molecule has 3 rings (SSSR count). The van der Waals surface area contributed by atoms with Gasteiger partial charge in [-0.15, -0.1) is 10.2 Å². The van der Waals surface area contributed by atoms with Crippen LogP contribution < -0.4 is 10.6 Å². The van der Waals surface area contributed by atoms with E-state index in [2.05, 4.69) is 20.8 Å². The number of amides is 1. The summed E-state index contributed by atoms with van der Waals surface area (Å²) in [4.78, 5) is 12.1. The zero-order chi connectivity index (χ0) is 18.7. The molecule has 0 bridgehead atoms. The molecule has 1 heterocycles. The lowest BCUT2D eigenvalue weighted by atomic mass is 10.1. The van der Waals surface area contributed by atoms with Gasteiger partial charge in [-0.25, -0.2) is 8.78 Å². The Hall–Kier alpha value is -3.35. The molecule has 7 heteroatoms. The molecule has 0 atom stereocenters. The summed E-state index contributed by atoms with van der Waals surface area (Å²) in [5.41, 5.74) is 2.49. The average Bonchev–Trinajstić information content (AvgIpc) is 2.61. The molecular formula is C19H16F2N4O. The fourth-order valence-corrected chi connectivity index (χ4v) is 2.41. The molecule has 0 radical (unpaired) electrons. The molecule has 0 spiro atoms. The van der Waals surface area contributed by atoms with Gasteiger partial charge >= 0.3 is 0 Å². The van der Waals surface area contributed by atoms with Crippen LogP contribution in [-0.4, -0.2) is 16.1 Å². The van der Waals surface area contributed by atoms with E-state index in [0.29, 0.717) is 5.82 Å². The fraction of sp³-hybridized carbons (Fsp3) is 0.105. The smallest absolute Gasteiger partial charge is 0.276 e. The fourth-order valence-electron chi connectivity index (χ4n) is 2.41. The van der Waals surface area contributed by atoms with Crippen LogP contribution in [0.3, 0.4) is 0 Å². The van der Waals surface area contributed by atoms with Crippen molar-refractivity contribution in [3.63, 3.8) is 0 Å². The van der Waals surface area contributed by atoms with E-state index in [0.717, 1.165) is 28.9 Å². The van der Waals surface area contributed by atoms with E-state index in [1.807, 2.05) is 32.0 Å². The Morgan fingerprint density at radius 3 is 2.31 bits per heavy atom. The first-order chi connectivity index (χ1) is 12.4. The van der Waals surface area contributed by atoms with Crippen LogP contribution in [0.4, 0.5) is 26.0 Å². The van der Waals surface area contributed by atoms with Gasteiger partial charge in [-0.1, -0.05) is 23.8 Å². The molecule has 132 valence electrons. The van der Waals surface area contributed by atoms with E-state index in [-0.39, 0.29) is 5.69 Å². The summed E-state index contributed by atoms with van der Waals surface area (Å²) in [5.74, 6) is -2.02. The molecule has 2 aromatic carbocycles. The summed E-state index contributed by atoms with van der Waals surface area (Å²) < 4.78 is 27.2. The van der Waals surface area contributed by atoms with E-state index in [1.54, 1.807) is 6.07 Å². The Kier molecular flexibility index (Phi) is 4.88. The number of carbonyl (C=O) groups is 1. The second kappa shape index (κ2) is 7.26. The molecule has 0 saturated heterocycles. The number of benzene rings is 2. The quantitative estimate of drug-likeness (QED) is 0.730. The number of para-hydroxylation sites is 1. The third-order valence-electron chi connectivity index (χ3n) is 3.74. The van der Waals surface area contributed by atoms with E-state index < -0.39 is 23.2 Å². The number of aromatic nitrogens is 2. The van der Waals surface area contributed by atoms with Gasteiger partial charge < -0.3 is 10.6 Å². The summed E-state index contributed by atoms with van der Waals surface area (Å²) >= 11 is 0. The van der Waals surface area contributed by atoms with Crippen LogP contribution in [0.25, 0.3) is 0 Å². The number of carbonyl (C=O) groups excluding carboxylic acids is 1. The van der Waals surface area contributed by atoms with Gasteiger partial charge in [-0.2, -0.15) is 0 Å². The highest BCUT2D eigenvalue weighted by molar-refractivity contribution is 6.02. The first-order valence-corrected chi connectivity index (χ1v) is 7.87. The highest BCUT2D eigenvalue weighted by atomic mass is 19.1. The molecule has 0 fully saturated rings. The molecule has 26 heavy (non-hydrogen) atoms. The number of nitrogens with one attached hydrogen (secondary N) is 2. The molecule has 3 aromatic rings. The molecule has 0 aliphatic carbocycles. The summed E-state index contributed by atoms with van der Waals surface area (Å²) in [5, 5.41) is 13.0.